The molecule has 2 atom stereocenters. The molecule has 1 aromatic carbocycles. The van der Waals surface area contributed by atoms with Gasteiger partial charge in [0.05, 0.1) is 29.6 Å². The summed E-state index contributed by atoms with van der Waals surface area (Å²) in [4.78, 5) is 44.6. The van der Waals surface area contributed by atoms with Crippen LogP contribution < -0.4 is 15.6 Å². The van der Waals surface area contributed by atoms with Crippen LogP contribution in [0.15, 0.2) is 63.1 Å². The Kier molecular flexibility index (Phi) is 4.89. The molecule has 5 heterocycles. The first-order valence-corrected chi connectivity index (χ1v) is 11.4. The van der Waals surface area contributed by atoms with Crippen molar-refractivity contribution in [1.29, 1.82) is 0 Å². The maximum absolute atomic E-state index is 12.8. The molecule has 10 heteroatoms. The standard InChI is InChI=1S/C25H19ClN4O5/c26-19-13(10-29-20-15(19)5-8-28-24(20)32)11-30-16-4-3-12-6-9-35-22(12)18(16)17(21(30)25(33)34)14-2-1-7-27-23(14)31/h1-5,7-8,10,15,20H,6,9,11H2,(H,27,31)(H,28,32)(H,33,34). The normalized spacial score (nSPS) is 20.5. The van der Waals surface area contributed by atoms with Gasteiger partial charge < -0.3 is 24.7 Å². The molecule has 0 saturated carbocycles. The summed E-state index contributed by atoms with van der Waals surface area (Å²) < 4.78 is 7.54. The van der Waals surface area contributed by atoms with Gasteiger partial charge in [0.2, 0.25) is 5.91 Å². The number of pyridine rings is 1. The molecule has 2 aromatic heterocycles. The van der Waals surface area contributed by atoms with Crippen LogP contribution in [0.1, 0.15) is 16.1 Å². The summed E-state index contributed by atoms with van der Waals surface area (Å²) in [6.45, 7) is 0.566. The van der Waals surface area contributed by atoms with Crippen LogP contribution in [0.5, 0.6) is 5.75 Å². The Hall–Kier alpha value is -4.11. The number of rotatable bonds is 4. The van der Waals surface area contributed by atoms with Gasteiger partial charge in [-0.05, 0) is 23.8 Å². The van der Waals surface area contributed by atoms with E-state index in [2.05, 4.69) is 15.3 Å². The average Bonchev–Trinajstić information content (AvgIpc) is 3.44. The van der Waals surface area contributed by atoms with Crippen LogP contribution in [-0.2, 0) is 17.8 Å². The van der Waals surface area contributed by atoms with Crippen LogP contribution in [-0.4, -0.2) is 45.4 Å². The van der Waals surface area contributed by atoms with Crippen molar-refractivity contribution in [2.24, 2.45) is 10.9 Å². The van der Waals surface area contributed by atoms with E-state index in [1.165, 1.54) is 12.4 Å². The molecule has 0 spiro atoms. The number of carboxylic acid groups (broad SMARTS) is 1. The van der Waals surface area contributed by atoms with E-state index in [9.17, 15) is 19.5 Å². The molecular formula is C25H19ClN4O5. The van der Waals surface area contributed by atoms with E-state index in [0.29, 0.717) is 45.8 Å². The molecule has 9 nitrogen and oxygen atoms in total. The monoisotopic (exact) mass is 490 g/mol. The van der Waals surface area contributed by atoms with Gasteiger partial charge in [-0.1, -0.05) is 23.7 Å². The third-order valence-corrected chi connectivity index (χ3v) is 7.12. The number of hydrogen-bond donors (Lipinski definition) is 3. The molecule has 35 heavy (non-hydrogen) atoms. The molecule has 3 aliphatic heterocycles. The lowest BCUT2D eigenvalue weighted by molar-refractivity contribution is -0.122. The number of nitrogens with zero attached hydrogens (tertiary/aromatic N) is 2. The van der Waals surface area contributed by atoms with Gasteiger partial charge in [-0.2, -0.15) is 0 Å². The Morgan fingerprint density at radius 2 is 2.14 bits per heavy atom. The summed E-state index contributed by atoms with van der Waals surface area (Å²) in [5, 5.41) is 14.0. The maximum Gasteiger partial charge on any atom is 0.353 e. The summed E-state index contributed by atoms with van der Waals surface area (Å²) in [7, 11) is 0. The number of aromatic nitrogens is 2. The van der Waals surface area contributed by atoms with Crippen LogP contribution in [0, 0.1) is 5.92 Å². The van der Waals surface area contributed by atoms with Gasteiger partial charge in [0.15, 0.2) is 0 Å². The van der Waals surface area contributed by atoms with E-state index in [1.54, 1.807) is 29.0 Å². The van der Waals surface area contributed by atoms with Crippen molar-refractivity contribution in [3.05, 3.63) is 75.0 Å². The third kappa shape index (κ3) is 3.23. The number of halogens is 1. The van der Waals surface area contributed by atoms with Crippen LogP contribution in [0.4, 0.5) is 0 Å². The van der Waals surface area contributed by atoms with Crippen LogP contribution in [0.25, 0.3) is 22.0 Å². The summed E-state index contributed by atoms with van der Waals surface area (Å²) in [6.07, 6.45) is 7.04. The lowest BCUT2D eigenvalue weighted by atomic mass is 9.92. The number of allylic oxidation sites excluding steroid dienone is 1. The zero-order valence-electron chi connectivity index (χ0n) is 18.2. The van der Waals surface area contributed by atoms with Crippen LogP contribution in [0.3, 0.4) is 0 Å². The molecule has 0 radical (unpaired) electrons. The van der Waals surface area contributed by atoms with E-state index < -0.39 is 23.5 Å². The summed E-state index contributed by atoms with van der Waals surface area (Å²) in [5.74, 6) is -1.27. The number of dihydropyridines is 1. The van der Waals surface area contributed by atoms with Crippen molar-refractivity contribution in [3.8, 4) is 16.9 Å². The number of carbonyl (C=O) groups is 2. The van der Waals surface area contributed by atoms with Crippen molar-refractivity contribution in [3.63, 3.8) is 0 Å². The SMILES string of the molecule is O=C(O)c1c(-c2ccc[nH]c2=O)c2c3c(ccc2n1CC1=C(Cl)C2C=CNC(=O)C2N=C1)CCO3. The summed E-state index contributed by atoms with van der Waals surface area (Å²) in [5.41, 5.74) is 2.23. The highest BCUT2D eigenvalue weighted by atomic mass is 35.5. The molecule has 176 valence electrons. The first-order valence-electron chi connectivity index (χ1n) is 11.1. The number of carboxylic acids is 1. The van der Waals surface area contributed by atoms with Gasteiger partial charge in [-0.25, -0.2) is 4.79 Å². The highest BCUT2D eigenvalue weighted by molar-refractivity contribution is 6.32. The predicted molar refractivity (Wildman–Crippen MR) is 130 cm³/mol. The predicted octanol–water partition coefficient (Wildman–Crippen LogP) is 2.84. The Morgan fingerprint density at radius 1 is 1.29 bits per heavy atom. The van der Waals surface area contributed by atoms with Gasteiger partial charge in [0.25, 0.3) is 5.56 Å². The number of aromatic carboxylic acids is 1. The molecule has 3 aromatic rings. The molecule has 3 aliphatic rings. The second-order valence-corrected chi connectivity index (χ2v) is 8.97. The Labute approximate surface area is 203 Å². The zero-order valence-corrected chi connectivity index (χ0v) is 19.0. The van der Waals surface area contributed by atoms with Crippen molar-refractivity contribution < 1.29 is 19.4 Å². The van der Waals surface area contributed by atoms with Gasteiger partial charge in [0.1, 0.15) is 17.5 Å². The molecule has 0 saturated heterocycles. The zero-order chi connectivity index (χ0) is 24.3. The second kappa shape index (κ2) is 7.99. The fourth-order valence-corrected chi connectivity index (χ4v) is 5.35. The van der Waals surface area contributed by atoms with E-state index >= 15 is 0 Å². The fourth-order valence-electron chi connectivity index (χ4n) is 5.05. The quantitative estimate of drug-likeness (QED) is 0.518. The maximum atomic E-state index is 12.8. The number of benzene rings is 1. The smallest absolute Gasteiger partial charge is 0.353 e. The minimum atomic E-state index is -1.19. The van der Waals surface area contributed by atoms with Crippen molar-refractivity contribution in [2.75, 3.05) is 6.61 Å². The second-order valence-electron chi connectivity index (χ2n) is 8.56. The average molecular weight is 491 g/mol. The lowest BCUT2D eigenvalue weighted by Crippen LogP contribution is -2.41. The van der Waals surface area contributed by atoms with Crippen molar-refractivity contribution >= 4 is 40.6 Å². The Balaban J connectivity index is 1.61. The molecule has 6 rings (SSSR count). The van der Waals surface area contributed by atoms with Crippen LogP contribution in [0.2, 0.25) is 0 Å². The van der Waals surface area contributed by atoms with Crippen LogP contribution >= 0.6 is 11.6 Å². The number of H-pyrrole nitrogens is 1. The first-order chi connectivity index (χ1) is 17.0. The molecule has 0 aliphatic carbocycles. The first kappa shape index (κ1) is 21.4. The van der Waals surface area contributed by atoms with Gasteiger partial charge in [0, 0.05) is 47.1 Å². The van der Waals surface area contributed by atoms with Gasteiger partial charge in [-0.15, -0.1) is 0 Å². The van der Waals surface area contributed by atoms with E-state index in [0.717, 1.165) is 5.56 Å². The summed E-state index contributed by atoms with van der Waals surface area (Å²) in [6, 6.07) is 6.36. The van der Waals surface area contributed by atoms with E-state index in [1.807, 2.05) is 12.1 Å². The Bertz CT molecular complexity index is 1580. The number of aromatic amines is 1. The summed E-state index contributed by atoms with van der Waals surface area (Å²) >= 11 is 6.71. The number of hydrogen-bond acceptors (Lipinski definition) is 5. The minimum absolute atomic E-state index is 0.0509. The Morgan fingerprint density at radius 3 is 2.94 bits per heavy atom. The third-order valence-electron chi connectivity index (χ3n) is 6.63. The number of carbonyl (C=O) groups excluding carboxylic acids is 1. The molecule has 1 amide bonds. The number of fused-ring (bicyclic) bond motifs is 4. The highest BCUT2D eigenvalue weighted by Gasteiger charge is 2.35. The minimum Gasteiger partial charge on any atom is -0.492 e. The van der Waals surface area contributed by atoms with Gasteiger partial charge in [-0.3, -0.25) is 14.6 Å². The molecule has 0 bridgehead atoms. The van der Waals surface area contributed by atoms with E-state index in [4.69, 9.17) is 16.3 Å². The number of ether oxygens (including phenoxy) is 1. The molecular weight excluding hydrogens is 472 g/mol. The number of aliphatic imine (C=N–C) groups is 1. The fraction of sp³-hybridized carbons (Fsp3) is 0.200. The highest BCUT2D eigenvalue weighted by Crippen LogP contribution is 2.44. The topological polar surface area (TPSA) is 126 Å². The lowest BCUT2D eigenvalue weighted by Gasteiger charge is -2.28. The van der Waals surface area contributed by atoms with E-state index in [-0.39, 0.29) is 23.7 Å². The molecule has 0 fully saturated rings. The molecule has 2 unspecified atom stereocenters. The number of amides is 1. The van der Waals surface area contributed by atoms with Crippen molar-refractivity contribution in [2.45, 2.75) is 19.0 Å². The van der Waals surface area contributed by atoms with Gasteiger partial charge >= 0.3 is 5.97 Å². The molecule has 3 N–H and O–H groups in total. The number of nitrogens with one attached hydrogen (secondary N) is 2. The largest absolute Gasteiger partial charge is 0.492 e. The van der Waals surface area contributed by atoms with Crippen molar-refractivity contribution in [1.82, 2.24) is 14.9 Å².